The number of aromatic nitrogens is 2. The predicted molar refractivity (Wildman–Crippen MR) is 103 cm³/mol. The Morgan fingerprint density at radius 2 is 2.11 bits per heavy atom. The van der Waals surface area contributed by atoms with Crippen LogP contribution in [0.2, 0.25) is 0 Å². The third-order valence-corrected chi connectivity index (χ3v) is 4.02. The molecule has 144 valence electrons. The zero-order chi connectivity index (χ0) is 20.0. The molecule has 0 aliphatic rings. The van der Waals surface area contributed by atoms with Gasteiger partial charge in [-0.2, -0.15) is 5.10 Å². The molecule has 0 radical (unpaired) electrons. The van der Waals surface area contributed by atoms with Crippen LogP contribution in [0.25, 0.3) is 0 Å². The van der Waals surface area contributed by atoms with Crippen molar-refractivity contribution >= 4 is 29.5 Å². The van der Waals surface area contributed by atoms with Gasteiger partial charge in [-0.15, -0.1) is 0 Å². The number of rotatable bonds is 7. The molecule has 1 aromatic carbocycles. The van der Waals surface area contributed by atoms with E-state index in [4.69, 9.17) is 0 Å². The van der Waals surface area contributed by atoms with Gasteiger partial charge < -0.3 is 10.2 Å². The van der Waals surface area contributed by atoms with E-state index in [0.717, 1.165) is 0 Å². The lowest BCUT2D eigenvalue weighted by atomic mass is 10.3. The van der Waals surface area contributed by atoms with E-state index in [2.05, 4.69) is 15.4 Å². The summed E-state index contributed by atoms with van der Waals surface area (Å²) in [6, 6.07) is 5.87. The van der Waals surface area contributed by atoms with E-state index in [-0.39, 0.29) is 12.5 Å². The van der Waals surface area contributed by atoms with Gasteiger partial charge in [-0.1, -0.05) is 6.07 Å². The Morgan fingerprint density at radius 3 is 2.74 bits per heavy atom. The average molecular weight is 374 g/mol. The minimum Gasteiger partial charge on any atom is -0.327 e. The van der Waals surface area contributed by atoms with Gasteiger partial charge in [0.1, 0.15) is 17.5 Å². The van der Waals surface area contributed by atoms with Crippen molar-refractivity contribution in [1.82, 2.24) is 14.7 Å². The molecule has 0 saturated carbocycles. The van der Waals surface area contributed by atoms with E-state index < -0.39 is 5.82 Å². The molecule has 0 fully saturated rings. The standard InChI is InChI=1S/C18H23FN6O2/c1-20-16(22-18-13(12-26)9-21-25(18)4)10-23(2)11-17(27)24(3)15-7-5-6-14(19)8-15/h5-9,12H,10-11H2,1-4H3,(H,20,22). The van der Waals surface area contributed by atoms with Crippen LogP contribution in [-0.2, 0) is 11.8 Å². The molecule has 2 aromatic rings. The lowest BCUT2D eigenvalue weighted by Crippen LogP contribution is -2.40. The second-order valence-corrected chi connectivity index (χ2v) is 6.09. The fraction of sp³-hybridized carbons (Fsp3) is 0.333. The second kappa shape index (κ2) is 9.04. The molecule has 0 atom stereocenters. The molecule has 1 aromatic heterocycles. The van der Waals surface area contributed by atoms with E-state index >= 15 is 0 Å². The smallest absolute Gasteiger partial charge is 0.240 e. The summed E-state index contributed by atoms with van der Waals surface area (Å²) in [6.07, 6.45) is 2.17. The number of hydrogen-bond acceptors (Lipinski definition) is 5. The van der Waals surface area contributed by atoms with Crippen molar-refractivity contribution < 1.29 is 14.0 Å². The first-order valence-corrected chi connectivity index (χ1v) is 8.26. The third-order valence-electron chi connectivity index (χ3n) is 4.02. The normalized spacial score (nSPS) is 11.6. The monoisotopic (exact) mass is 374 g/mol. The minimum absolute atomic E-state index is 0.111. The first kappa shape index (κ1) is 20.2. The van der Waals surface area contributed by atoms with Gasteiger partial charge in [0.25, 0.3) is 0 Å². The summed E-state index contributed by atoms with van der Waals surface area (Å²) in [4.78, 5) is 30.9. The molecule has 1 heterocycles. The number of amides is 1. The van der Waals surface area contributed by atoms with Crippen LogP contribution in [0.4, 0.5) is 15.9 Å². The maximum Gasteiger partial charge on any atom is 0.240 e. The predicted octanol–water partition coefficient (Wildman–Crippen LogP) is 1.41. The Kier molecular flexibility index (Phi) is 6.78. The van der Waals surface area contributed by atoms with Crippen LogP contribution in [-0.4, -0.2) is 66.9 Å². The van der Waals surface area contributed by atoms with Crippen LogP contribution in [0.3, 0.4) is 0 Å². The molecule has 0 aliphatic heterocycles. The van der Waals surface area contributed by atoms with E-state index in [0.29, 0.717) is 35.7 Å². The highest BCUT2D eigenvalue weighted by molar-refractivity contribution is 6.00. The van der Waals surface area contributed by atoms with Crippen LogP contribution in [0.15, 0.2) is 35.5 Å². The number of anilines is 2. The Balaban J connectivity index is 1.98. The Morgan fingerprint density at radius 1 is 1.37 bits per heavy atom. The number of carbonyl (C=O) groups is 2. The Bertz CT molecular complexity index is 848. The zero-order valence-electron chi connectivity index (χ0n) is 15.8. The largest absolute Gasteiger partial charge is 0.327 e. The summed E-state index contributed by atoms with van der Waals surface area (Å²) >= 11 is 0. The van der Waals surface area contributed by atoms with Crippen LogP contribution in [0.5, 0.6) is 0 Å². The van der Waals surface area contributed by atoms with Crippen LogP contribution < -0.4 is 10.2 Å². The maximum atomic E-state index is 13.3. The van der Waals surface area contributed by atoms with Crippen molar-refractivity contribution in [1.29, 1.82) is 0 Å². The first-order chi connectivity index (χ1) is 12.8. The van der Waals surface area contributed by atoms with Crippen LogP contribution in [0.1, 0.15) is 10.4 Å². The SMILES string of the molecule is CN=C(CN(C)CC(=O)N(C)c1cccc(F)c1)Nc1c(C=O)cnn1C. The third kappa shape index (κ3) is 5.20. The highest BCUT2D eigenvalue weighted by Crippen LogP contribution is 2.14. The number of aryl methyl sites for hydroxylation is 1. The molecule has 0 bridgehead atoms. The van der Waals surface area contributed by atoms with Gasteiger partial charge in [-0.3, -0.25) is 24.2 Å². The molecular formula is C18H23FN6O2. The van der Waals surface area contributed by atoms with Crippen molar-refractivity contribution in [2.75, 3.05) is 44.4 Å². The molecule has 8 nitrogen and oxygen atoms in total. The number of nitrogens with one attached hydrogen (secondary N) is 1. The van der Waals surface area contributed by atoms with Crippen molar-refractivity contribution in [2.24, 2.45) is 12.0 Å². The summed E-state index contributed by atoms with van der Waals surface area (Å²) in [5, 5.41) is 7.10. The lowest BCUT2D eigenvalue weighted by Gasteiger charge is -2.23. The molecule has 1 N–H and O–H groups in total. The number of likely N-dealkylation sites (N-methyl/N-ethyl adjacent to an activating group) is 2. The van der Waals surface area contributed by atoms with Gasteiger partial charge in [0.15, 0.2) is 6.29 Å². The van der Waals surface area contributed by atoms with Gasteiger partial charge >= 0.3 is 0 Å². The van der Waals surface area contributed by atoms with Crippen LogP contribution >= 0.6 is 0 Å². The zero-order valence-corrected chi connectivity index (χ0v) is 15.8. The number of benzene rings is 1. The van der Waals surface area contributed by atoms with Gasteiger partial charge in [0, 0.05) is 26.8 Å². The Labute approximate surface area is 157 Å². The minimum atomic E-state index is -0.396. The van der Waals surface area contributed by atoms with Crippen molar-refractivity contribution in [3.05, 3.63) is 41.8 Å². The van der Waals surface area contributed by atoms with Gasteiger partial charge in [-0.05, 0) is 25.2 Å². The molecule has 27 heavy (non-hydrogen) atoms. The number of aldehydes is 1. The van der Waals surface area contributed by atoms with E-state index in [1.165, 1.54) is 27.9 Å². The van der Waals surface area contributed by atoms with E-state index in [1.54, 1.807) is 45.2 Å². The molecule has 0 aliphatic carbocycles. The molecule has 0 spiro atoms. The number of carbonyl (C=O) groups excluding carboxylic acids is 2. The second-order valence-electron chi connectivity index (χ2n) is 6.09. The molecular weight excluding hydrogens is 351 g/mol. The van der Waals surface area contributed by atoms with E-state index in [9.17, 15) is 14.0 Å². The molecule has 0 saturated heterocycles. The van der Waals surface area contributed by atoms with Crippen molar-refractivity contribution in [3.8, 4) is 0 Å². The summed E-state index contributed by atoms with van der Waals surface area (Å²) < 4.78 is 14.9. The Hall–Kier alpha value is -3.07. The summed E-state index contributed by atoms with van der Waals surface area (Å²) in [5.41, 5.74) is 0.907. The summed E-state index contributed by atoms with van der Waals surface area (Å²) in [7, 11) is 6.70. The highest BCUT2D eigenvalue weighted by Gasteiger charge is 2.16. The van der Waals surface area contributed by atoms with Gasteiger partial charge in [0.05, 0.1) is 24.8 Å². The quantitative estimate of drug-likeness (QED) is 0.450. The van der Waals surface area contributed by atoms with Crippen molar-refractivity contribution in [2.45, 2.75) is 0 Å². The fourth-order valence-electron chi connectivity index (χ4n) is 2.47. The average Bonchev–Trinajstić information content (AvgIpc) is 3.00. The van der Waals surface area contributed by atoms with Crippen LogP contribution in [0, 0.1) is 5.82 Å². The number of aliphatic imine (C=N–C) groups is 1. The molecule has 9 heteroatoms. The summed E-state index contributed by atoms with van der Waals surface area (Å²) in [5.74, 6) is 0.521. The molecule has 1 amide bonds. The maximum absolute atomic E-state index is 13.3. The highest BCUT2D eigenvalue weighted by atomic mass is 19.1. The molecule has 0 unspecified atom stereocenters. The molecule has 2 rings (SSSR count). The fourth-order valence-corrected chi connectivity index (χ4v) is 2.47. The lowest BCUT2D eigenvalue weighted by molar-refractivity contribution is -0.119. The number of nitrogens with zero attached hydrogens (tertiary/aromatic N) is 5. The summed E-state index contributed by atoms with van der Waals surface area (Å²) in [6.45, 7) is 0.461. The van der Waals surface area contributed by atoms with Gasteiger partial charge in [-0.25, -0.2) is 4.39 Å². The van der Waals surface area contributed by atoms with Gasteiger partial charge in [0.2, 0.25) is 5.91 Å². The number of halogens is 1. The number of amidine groups is 1. The van der Waals surface area contributed by atoms with Crippen molar-refractivity contribution in [3.63, 3.8) is 0 Å². The topological polar surface area (TPSA) is 82.8 Å². The van der Waals surface area contributed by atoms with E-state index in [1.807, 2.05) is 0 Å². The number of hydrogen-bond donors (Lipinski definition) is 1. The first-order valence-electron chi connectivity index (χ1n) is 8.26.